The van der Waals surface area contributed by atoms with Crippen molar-refractivity contribution in [3.05, 3.63) is 28.8 Å². The highest BCUT2D eigenvalue weighted by atomic mass is 35.5. The van der Waals surface area contributed by atoms with Crippen LogP contribution in [0.2, 0.25) is 5.02 Å². The van der Waals surface area contributed by atoms with E-state index in [9.17, 15) is 13.2 Å². The first kappa shape index (κ1) is 14.5. The predicted molar refractivity (Wildman–Crippen MR) is 70.3 cm³/mol. The second-order valence-corrected chi connectivity index (χ2v) is 5.39. The molecule has 1 aromatic carbocycles. The molecule has 1 fully saturated rings. The quantitative estimate of drug-likeness (QED) is 0.863. The number of hydrogen-bond acceptors (Lipinski definition) is 2. The molecule has 0 amide bonds. The van der Waals surface area contributed by atoms with Crippen molar-refractivity contribution in [3.8, 4) is 0 Å². The molecule has 106 valence electrons. The zero-order chi connectivity index (χ0) is 14.0. The van der Waals surface area contributed by atoms with Gasteiger partial charge in [-0.3, -0.25) is 0 Å². The zero-order valence-corrected chi connectivity index (χ0v) is 11.1. The SMILES string of the molecule is NC1CCCC(Nc2ccc(Cl)cc2C(F)(F)F)C1. The average molecular weight is 293 g/mol. The minimum atomic E-state index is -4.41. The minimum Gasteiger partial charge on any atom is -0.382 e. The summed E-state index contributed by atoms with van der Waals surface area (Å²) in [5.74, 6) is 0. The molecule has 0 radical (unpaired) electrons. The van der Waals surface area contributed by atoms with Crippen molar-refractivity contribution in [2.75, 3.05) is 5.32 Å². The number of nitrogens with two attached hydrogens (primary N) is 1. The van der Waals surface area contributed by atoms with Crippen molar-refractivity contribution >= 4 is 17.3 Å². The van der Waals surface area contributed by atoms with Gasteiger partial charge in [0.1, 0.15) is 0 Å². The summed E-state index contributed by atoms with van der Waals surface area (Å²) >= 11 is 5.64. The smallest absolute Gasteiger partial charge is 0.382 e. The first-order chi connectivity index (χ1) is 8.86. The van der Waals surface area contributed by atoms with E-state index in [1.807, 2.05) is 0 Å². The monoisotopic (exact) mass is 292 g/mol. The molecule has 19 heavy (non-hydrogen) atoms. The fourth-order valence-corrected chi connectivity index (χ4v) is 2.63. The fourth-order valence-electron chi connectivity index (χ4n) is 2.46. The van der Waals surface area contributed by atoms with Gasteiger partial charge >= 0.3 is 6.18 Å². The molecule has 0 spiro atoms. The van der Waals surface area contributed by atoms with E-state index in [4.69, 9.17) is 17.3 Å². The van der Waals surface area contributed by atoms with Crippen molar-refractivity contribution < 1.29 is 13.2 Å². The Morgan fingerprint density at radius 1 is 1.26 bits per heavy atom. The summed E-state index contributed by atoms with van der Waals surface area (Å²) in [5.41, 5.74) is 5.20. The van der Waals surface area contributed by atoms with E-state index in [0.717, 1.165) is 25.3 Å². The Kier molecular flexibility index (Phi) is 4.26. The van der Waals surface area contributed by atoms with Crippen molar-refractivity contribution in [1.29, 1.82) is 0 Å². The number of rotatable bonds is 2. The Morgan fingerprint density at radius 3 is 2.63 bits per heavy atom. The standard InChI is InChI=1S/C13H16ClF3N2/c14-8-4-5-12(11(6-8)13(15,16)17)19-10-3-1-2-9(18)7-10/h4-6,9-10,19H,1-3,7,18H2. The Balaban J connectivity index is 2.20. The van der Waals surface area contributed by atoms with Gasteiger partial charge in [-0.05, 0) is 43.9 Å². The molecule has 6 heteroatoms. The lowest BCUT2D eigenvalue weighted by molar-refractivity contribution is -0.137. The van der Waals surface area contributed by atoms with Crippen molar-refractivity contribution in [3.63, 3.8) is 0 Å². The normalized spacial score (nSPS) is 24.3. The van der Waals surface area contributed by atoms with Crippen LogP contribution in [0.4, 0.5) is 18.9 Å². The summed E-state index contributed by atoms with van der Waals surface area (Å²) in [5, 5.41) is 3.04. The van der Waals surface area contributed by atoms with Crippen LogP contribution < -0.4 is 11.1 Å². The van der Waals surface area contributed by atoms with Gasteiger partial charge in [0, 0.05) is 22.8 Å². The number of halogens is 4. The highest BCUT2D eigenvalue weighted by molar-refractivity contribution is 6.30. The highest BCUT2D eigenvalue weighted by Crippen LogP contribution is 2.37. The van der Waals surface area contributed by atoms with Gasteiger partial charge in [-0.25, -0.2) is 0 Å². The maximum Gasteiger partial charge on any atom is 0.418 e. The van der Waals surface area contributed by atoms with E-state index < -0.39 is 11.7 Å². The highest BCUT2D eigenvalue weighted by Gasteiger charge is 2.34. The van der Waals surface area contributed by atoms with Crippen molar-refractivity contribution in [2.24, 2.45) is 5.73 Å². The number of benzene rings is 1. The van der Waals surface area contributed by atoms with Crippen LogP contribution in [-0.4, -0.2) is 12.1 Å². The third-order valence-corrected chi connectivity index (χ3v) is 3.60. The van der Waals surface area contributed by atoms with Gasteiger partial charge in [0.05, 0.1) is 5.56 Å². The number of hydrogen-bond donors (Lipinski definition) is 2. The minimum absolute atomic E-state index is 0.00831. The molecule has 2 rings (SSSR count). The first-order valence-corrected chi connectivity index (χ1v) is 6.63. The van der Waals surface area contributed by atoms with Crippen LogP contribution in [0.15, 0.2) is 18.2 Å². The maximum absolute atomic E-state index is 12.9. The van der Waals surface area contributed by atoms with E-state index in [0.29, 0.717) is 6.42 Å². The summed E-state index contributed by atoms with van der Waals surface area (Å²) in [4.78, 5) is 0. The molecular weight excluding hydrogens is 277 g/mol. The van der Waals surface area contributed by atoms with Gasteiger partial charge in [-0.2, -0.15) is 13.2 Å². The van der Waals surface area contributed by atoms with Gasteiger partial charge in [0.15, 0.2) is 0 Å². The maximum atomic E-state index is 12.9. The van der Waals surface area contributed by atoms with E-state index in [1.165, 1.54) is 12.1 Å². The lowest BCUT2D eigenvalue weighted by atomic mass is 9.91. The average Bonchev–Trinajstić information content (AvgIpc) is 2.30. The third kappa shape index (κ3) is 3.76. The molecule has 2 unspecified atom stereocenters. The van der Waals surface area contributed by atoms with E-state index in [-0.39, 0.29) is 22.8 Å². The molecule has 0 saturated heterocycles. The largest absolute Gasteiger partial charge is 0.418 e. The summed E-state index contributed by atoms with van der Waals surface area (Å²) in [6.07, 6.45) is -1.00. The van der Waals surface area contributed by atoms with Crippen LogP contribution in [-0.2, 0) is 6.18 Å². The van der Waals surface area contributed by atoms with Crippen molar-refractivity contribution in [1.82, 2.24) is 0 Å². The molecule has 1 saturated carbocycles. The topological polar surface area (TPSA) is 38.0 Å². The molecule has 2 atom stereocenters. The second-order valence-electron chi connectivity index (χ2n) is 4.96. The third-order valence-electron chi connectivity index (χ3n) is 3.36. The lowest BCUT2D eigenvalue weighted by Crippen LogP contribution is -2.35. The molecule has 0 heterocycles. The Morgan fingerprint density at radius 2 is 2.00 bits per heavy atom. The first-order valence-electron chi connectivity index (χ1n) is 6.25. The Bertz CT molecular complexity index is 448. The zero-order valence-electron chi connectivity index (χ0n) is 10.3. The lowest BCUT2D eigenvalue weighted by Gasteiger charge is -2.29. The number of alkyl halides is 3. The van der Waals surface area contributed by atoms with Crippen LogP contribution in [0.5, 0.6) is 0 Å². The number of anilines is 1. The predicted octanol–water partition coefficient (Wildman–Crippen LogP) is 4.04. The number of nitrogens with one attached hydrogen (secondary N) is 1. The van der Waals surface area contributed by atoms with Crippen LogP contribution in [0, 0.1) is 0 Å². The Hall–Kier alpha value is -0.940. The second kappa shape index (κ2) is 5.59. The molecule has 1 aromatic rings. The molecule has 0 aliphatic heterocycles. The van der Waals surface area contributed by atoms with Gasteiger partial charge < -0.3 is 11.1 Å². The molecule has 0 bridgehead atoms. The van der Waals surface area contributed by atoms with E-state index >= 15 is 0 Å². The molecule has 0 aromatic heterocycles. The van der Waals surface area contributed by atoms with Crippen molar-refractivity contribution in [2.45, 2.75) is 43.9 Å². The van der Waals surface area contributed by atoms with E-state index in [1.54, 1.807) is 0 Å². The molecule has 1 aliphatic rings. The molecule has 2 nitrogen and oxygen atoms in total. The van der Waals surface area contributed by atoms with Crippen LogP contribution >= 0.6 is 11.6 Å². The van der Waals surface area contributed by atoms with Gasteiger partial charge in [0.2, 0.25) is 0 Å². The van der Waals surface area contributed by atoms with Crippen LogP contribution in [0.3, 0.4) is 0 Å². The fraction of sp³-hybridized carbons (Fsp3) is 0.538. The summed E-state index contributed by atoms with van der Waals surface area (Å²) < 4.78 is 38.8. The molecule has 1 aliphatic carbocycles. The van der Waals surface area contributed by atoms with E-state index in [2.05, 4.69) is 5.32 Å². The summed E-state index contributed by atoms with van der Waals surface area (Å²) in [7, 11) is 0. The van der Waals surface area contributed by atoms with Gasteiger partial charge in [-0.15, -0.1) is 0 Å². The van der Waals surface area contributed by atoms with Crippen LogP contribution in [0.25, 0.3) is 0 Å². The molecular formula is C13H16ClF3N2. The van der Waals surface area contributed by atoms with Crippen LogP contribution in [0.1, 0.15) is 31.2 Å². The van der Waals surface area contributed by atoms with Gasteiger partial charge in [0.25, 0.3) is 0 Å². The summed E-state index contributed by atoms with van der Waals surface area (Å²) in [6, 6.07) is 3.85. The summed E-state index contributed by atoms with van der Waals surface area (Å²) in [6.45, 7) is 0. The molecule has 3 N–H and O–H groups in total. The van der Waals surface area contributed by atoms with Gasteiger partial charge in [-0.1, -0.05) is 11.6 Å². The Labute approximate surface area is 115 Å².